The minimum Gasteiger partial charge on any atom is -0.379 e. The molecular weight excluding hydrogens is 394 g/mol. The Morgan fingerprint density at radius 3 is 1.97 bits per heavy atom. The van der Waals surface area contributed by atoms with Gasteiger partial charge in [-0.3, -0.25) is 4.90 Å². The van der Waals surface area contributed by atoms with Gasteiger partial charge in [-0.05, 0) is 41.3 Å². The lowest BCUT2D eigenvalue weighted by Crippen LogP contribution is -2.35. The molecule has 3 aromatic carbocycles. The van der Waals surface area contributed by atoms with E-state index >= 15 is 0 Å². The van der Waals surface area contributed by atoms with Crippen molar-refractivity contribution in [2.24, 2.45) is 0 Å². The maximum atomic E-state index is 5.43. The van der Waals surface area contributed by atoms with Gasteiger partial charge >= 0.3 is 0 Å². The molecule has 1 saturated heterocycles. The molecule has 4 nitrogen and oxygen atoms in total. The molecule has 1 aliphatic rings. The molecule has 4 heteroatoms. The maximum Gasteiger partial charge on any atom is 0.0594 e. The van der Waals surface area contributed by atoms with E-state index in [1.165, 1.54) is 27.9 Å². The number of hydrogen-bond acceptors (Lipinski definition) is 4. The lowest BCUT2D eigenvalue weighted by atomic mass is 10.1. The molecule has 0 atom stereocenters. The molecular formula is C28H35N3O. The second-order valence-corrected chi connectivity index (χ2v) is 8.47. The number of nitrogens with one attached hydrogen (secondary N) is 1. The third kappa shape index (κ3) is 6.67. The topological polar surface area (TPSA) is 27.7 Å². The molecule has 168 valence electrons. The van der Waals surface area contributed by atoms with Gasteiger partial charge in [-0.25, -0.2) is 0 Å². The standard InChI is InChI=1S/C28H35N3O/c1-2-31(23-26-6-4-3-5-7-26)28-14-12-25(13-15-28)21-29-20-24-8-10-27(11-9-24)22-30-16-18-32-19-17-30/h3-15,29H,2,16-23H2,1H3. The zero-order valence-corrected chi connectivity index (χ0v) is 19.2. The van der Waals surface area contributed by atoms with Crippen LogP contribution in [0.4, 0.5) is 5.69 Å². The Morgan fingerprint density at radius 2 is 1.34 bits per heavy atom. The third-order valence-electron chi connectivity index (χ3n) is 6.09. The summed E-state index contributed by atoms with van der Waals surface area (Å²) in [7, 11) is 0. The van der Waals surface area contributed by atoms with Crippen molar-refractivity contribution in [1.82, 2.24) is 10.2 Å². The Kier molecular flexibility index (Phi) is 8.32. The number of hydrogen-bond donors (Lipinski definition) is 1. The van der Waals surface area contributed by atoms with Crippen LogP contribution in [0, 0.1) is 0 Å². The van der Waals surface area contributed by atoms with Gasteiger partial charge in [0.2, 0.25) is 0 Å². The van der Waals surface area contributed by atoms with Gasteiger partial charge in [0.1, 0.15) is 0 Å². The normalized spacial score (nSPS) is 14.4. The summed E-state index contributed by atoms with van der Waals surface area (Å²) >= 11 is 0. The summed E-state index contributed by atoms with van der Waals surface area (Å²) in [5.41, 5.74) is 6.63. The summed E-state index contributed by atoms with van der Waals surface area (Å²) in [4.78, 5) is 4.87. The average molecular weight is 430 g/mol. The van der Waals surface area contributed by atoms with Crippen LogP contribution >= 0.6 is 0 Å². The minimum atomic E-state index is 0.854. The Hall–Kier alpha value is -2.66. The summed E-state index contributed by atoms with van der Waals surface area (Å²) in [6.07, 6.45) is 0. The third-order valence-corrected chi connectivity index (χ3v) is 6.09. The summed E-state index contributed by atoms with van der Waals surface area (Å²) in [5, 5.41) is 3.58. The first-order valence-electron chi connectivity index (χ1n) is 11.8. The number of ether oxygens (including phenoxy) is 1. The van der Waals surface area contributed by atoms with Gasteiger partial charge in [0.15, 0.2) is 0 Å². The monoisotopic (exact) mass is 429 g/mol. The van der Waals surface area contributed by atoms with Crippen molar-refractivity contribution in [3.8, 4) is 0 Å². The number of rotatable bonds is 10. The van der Waals surface area contributed by atoms with Gasteiger partial charge in [-0.2, -0.15) is 0 Å². The summed E-state index contributed by atoms with van der Waals surface area (Å²) < 4.78 is 5.43. The fourth-order valence-electron chi connectivity index (χ4n) is 4.15. The first-order chi connectivity index (χ1) is 15.8. The average Bonchev–Trinajstić information content (AvgIpc) is 2.85. The number of benzene rings is 3. The van der Waals surface area contributed by atoms with Crippen LogP contribution in [0.25, 0.3) is 0 Å². The van der Waals surface area contributed by atoms with E-state index in [0.717, 1.165) is 59.0 Å². The van der Waals surface area contributed by atoms with Crippen LogP contribution in [0.1, 0.15) is 29.2 Å². The van der Waals surface area contributed by atoms with Crippen LogP contribution < -0.4 is 10.2 Å². The van der Waals surface area contributed by atoms with Crippen molar-refractivity contribution in [3.63, 3.8) is 0 Å². The van der Waals surface area contributed by atoms with Crippen LogP contribution in [0.5, 0.6) is 0 Å². The van der Waals surface area contributed by atoms with Gasteiger partial charge in [-0.1, -0.05) is 66.7 Å². The van der Waals surface area contributed by atoms with Crippen molar-refractivity contribution < 1.29 is 4.74 Å². The van der Waals surface area contributed by atoms with E-state index in [4.69, 9.17) is 4.74 Å². The smallest absolute Gasteiger partial charge is 0.0594 e. The van der Waals surface area contributed by atoms with Crippen LogP contribution in [0.15, 0.2) is 78.9 Å². The second-order valence-electron chi connectivity index (χ2n) is 8.47. The Morgan fingerprint density at radius 1 is 0.750 bits per heavy atom. The zero-order valence-electron chi connectivity index (χ0n) is 19.2. The predicted octanol–water partition coefficient (Wildman–Crippen LogP) is 4.84. The molecule has 0 aliphatic carbocycles. The van der Waals surface area contributed by atoms with E-state index in [2.05, 4.69) is 101 Å². The Bertz CT molecular complexity index is 919. The molecule has 32 heavy (non-hydrogen) atoms. The molecule has 1 aliphatic heterocycles. The van der Waals surface area contributed by atoms with E-state index in [0.29, 0.717) is 0 Å². The lowest BCUT2D eigenvalue weighted by Gasteiger charge is -2.26. The fraction of sp³-hybridized carbons (Fsp3) is 0.357. The highest BCUT2D eigenvalue weighted by molar-refractivity contribution is 5.48. The lowest BCUT2D eigenvalue weighted by molar-refractivity contribution is 0.0342. The van der Waals surface area contributed by atoms with Gasteiger partial charge in [0.25, 0.3) is 0 Å². The largest absolute Gasteiger partial charge is 0.379 e. The van der Waals surface area contributed by atoms with Crippen LogP contribution in [0.3, 0.4) is 0 Å². The predicted molar refractivity (Wildman–Crippen MR) is 133 cm³/mol. The molecule has 0 aromatic heterocycles. The first kappa shape index (κ1) is 22.5. The van der Waals surface area contributed by atoms with Crippen molar-refractivity contribution in [2.75, 3.05) is 37.7 Å². The molecule has 0 bridgehead atoms. The van der Waals surface area contributed by atoms with Crippen molar-refractivity contribution >= 4 is 5.69 Å². The fourth-order valence-corrected chi connectivity index (χ4v) is 4.15. The van der Waals surface area contributed by atoms with Gasteiger partial charge in [-0.15, -0.1) is 0 Å². The molecule has 0 amide bonds. The van der Waals surface area contributed by atoms with Gasteiger partial charge in [0.05, 0.1) is 13.2 Å². The molecule has 4 rings (SSSR count). The van der Waals surface area contributed by atoms with Gasteiger partial charge in [0, 0.05) is 51.5 Å². The molecule has 0 spiro atoms. The number of anilines is 1. The van der Waals surface area contributed by atoms with Crippen LogP contribution in [-0.4, -0.2) is 37.7 Å². The Balaban J connectivity index is 1.23. The van der Waals surface area contributed by atoms with Crippen LogP contribution in [-0.2, 0) is 30.9 Å². The van der Waals surface area contributed by atoms with E-state index in [-0.39, 0.29) is 0 Å². The summed E-state index contributed by atoms with van der Waals surface area (Å²) in [6, 6.07) is 28.6. The van der Waals surface area contributed by atoms with Gasteiger partial charge < -0.3 is 15.0 Å². The molecule has 0 unspecified atom stereocenters. The first-order valence-corrected chi connectivity index (χ1v) is 11.8. The quantitative estimate of drug-likeness (QED) is 0.499. The molecule has 1 fully saturated rings. The molecule has 0 radical (unpaired) electrons. The SMILES string of the molecule is CCN(Cc1ccccc1)c1ccc(CNCc2ccc(CN3CCOCC3)cc2)cc1. The summed E-state index contributed by atoms with van der Waals surface area (Å²) in [6.45, 7) is 10.7. The second kappa shape index (κ2) is 11.8. The Labute approximate surface area is 192 Å². The minimum absolute atomic E-state index is 0.854. The van der Waals surface area contributed by atoms with Crippen LogP contribution in [0.2, 0.25) is 0 Å². The van der Waals surface area contributed by atoms with E-state index in [1.54, 1.807) is 0 Å². The van der Waals surface area contributed by atoms with Crippen molar-refractivity contribution in [2.45, 2.75) is 33.1 Å². The van der Waals surface area contributed by atoms with E-state index in [9.17, 15) is 0 Å². The number of morpholine rings is 1. The molecule has 1 heterocycles. The summed E-state index contributed by atoms with van der Waals surface area (Å²) in [5.74, 6) is 0. The van der Waals surface area contributed by atoms with Crippen molar-refractivity contribution in [3.05, 3.63) is 101 Å². The highest BCUT2D eigenvalue weighted by Crippen LogP contribution is 2.18. The molecule has 0 saturated carbocycles. The van der Waals surface area contributed by atoms with E-state index in [1.807, 2.05) is 0 Å². The molecule has 1 N–H and O–H groups in total. The maximum absolute atomic E-state index is 5.43. The molecule has 3 aromatic rings. The highest BCUT2D eigenvalue weighted by Gasteiger charge is 2.10. The zero-order chi connectivity index (χ0) is 22.0. The highest BCUT2D eigenvalue weighted by atomic mass is 16.5. The number of nitrogens with zero attached hydrogens (tertiary/aromatic N) is 2. The van der Waals surface area contributed by atoms with Crippen molar-refractivity contribution in [1.29, 1.82) is 0 Å². The van der Waals surface area contributed by atoms with E-state index < -0.39 is 0 Å².